The van der Waals surface area contributed by atoms with E-state index in [1.165, 1.54) is 42.4 Å². The lowest BCUT2D eigenvalue weighted by Crippen LogP contribution is -2.06. The first-order valence-corrected chi connectivity index (χ1v) is 8.28. The summed E-state index contributed by atoms with van der Waals surface area (Å²) in [5.74, 6) is 2.28. The van der Waals surface area contributed by atoms with Gasteiger partial charge in [-0.2, -0.15) is 0 Å². The van der Waals surface area contributed by atoms with Gasteiger partial charge in [-0.1, -0.05) is 32.3 Å². The van der Waals surface area contributed by atoms with Gasteiger partial charge >= 0.3 is 0 Å². The van der Waals surface area contributed by atoms with Crippen LogP contribution in [0.2, 0.25) is 0 Å². The Kier molecular flexibility index (Phi) is 6.17. The van der Waals surface area contributed by atoms with Crippen LogP contribution in [0, 0.1) is 0 Å². The number of unbranched alkanes of at least 4 members (excludes halogenated alkanes) is 3. The number of fused-ring (bicyclic) bond motifs is 1. The maximum atomic E-state index is 5.64. The predicted octanol–water partition coefficient (Wildman–Crippen LogP) is 5.01. The summed E-state index contributed by atoms with van der Waals surface area (Å²) in [6.07, 6.45) is 10.7. The van der Waals surface area contributed by atoms with Gasteiger partial charge in [0.15, 0.2) is 11.5 Å². The molecule has 3 heteroatoms. The van der Waals surface area contributed by atoms with Crippen LogP contribution in [0.25, 0.3) is 5.57 Å². The van der Waals surface area contributed by atoms with Crippen molar-refractivity contribution in [1.29, 1.82) is 0 Å². The topological polar surface area (TPSA) is 27.7 Å². The first-order valence-electron chi connectivity index (χ1n) is 8.28. The van der Waals surface area contributed by atoms with E-state index in [4.69, 9.17) is 14.2 Å². The van der Waals surface area contributed by atoms with Crippen LogP contribution in [0.4, 0.5) is 0 Å². The Bertz CT molecular complexity index is 532. The number of benzene rings is 1. The van der Waals surface area contributed by atoms with E-state index in [0.29, 0.717) is 5.75 Å². The van der Waals surface area contributed by atoms with Crippen LogP contribution < -0.4 is 14.2 Å². The second-order valence-corrected chi connectivity index (χ2v) is 5.75. The van der Waals surface area contributed by atoms with Crippen molar-refractivity contribution in [2.45, 2.75) is 51.9 Å². The van der Waals surface area contributed by atoms with Gasteiger partial charge in [-0.15, -0.1) is 0 Å². The van der Waals surface area contributed by atoms with E-state index in [-0.39, 0.29) is 0 Å². The molecule has 22 heavy (non-hydrogen) atoms. The summed E-state index contributed by atoms with van der Waals surface area (Å²) in [6.45, 7) is 2.25. The Balaban J connectivity index is 2.33. The molecule has 2 rings (SSSR count). The molecule has 0 saturated heterocycles. The van der Waals surface area contributed by atoms with Crippen LogP contribution >= 0.6 is 0 Å². The highest BCUT2D eigenvalue weighted by Crippen LogP contribution is 2.46. The third kappa shape index (κ3) is 3.40. The van der Waals surface area contributed by atoms with Crippen LogP contribution in [0.15, 0.2) is 12.1 Å². The SMILES string of the molecule is CCCCCCC1=CCCc2c1cc(OC)c(OC)c2OC. The van der Waals surface area contributed by atoms with Gasteiger partial charge in [0.25, 0.3) is 0 Å². The molecule has 0 aliphatic heterocycles. The standard InChI is InChI=1S/C19H28O3/c1-5-6-7-8-10-14-11-9-12-15-16(14)13-17(20-2)19(22-4)18(15)21-3/h11,13H,5-10,12H2,1-4H3. The quantitative estimate of drug-likeness (QED) is 0.632. The van der Waals surface area contributed by atoms with Crippen LogP contribution in [0.1, 0.15) is 56.6 Å². The van der Waals surface area contributed by atoms with Crippen molar-refractivity contribution in [1.82, 2.24) is 0 Å². The first-order chi connectivity index (χ1) is 10.8. The monoisotopic (exact) mass is 304 g/mol. The highest BCUT2D eigenvalue weighted by Gasteiger charge is 2.23. The van der Waals surface area contributed by atoms with E-state index >= 15 is 0 Å². The molecule has 122 valence electrons. The van der Waals surface area contributed by atoms with Gasteiger partial charge in [0.05, 0.1) is 21.3 Å². The van der Waals surface area contributed by atoms with Crippen molar-refractivity contribution in [2.75, 3.05) is 21.3 Å². The third-order valence-corrected chi connectivity index (χ3v) is 4.36. The zero-order chi connectivity index (χ0) is 15.9. The molecule has 0 amide bonds. The minimum atomic E-state index is 0.705. The molecular formula is C19H28O3. The van der Waals surface area contributed by atoms with E-state index in [1.54, 1.807) is 21.3 Å². The predicted molar refractivity (Wildman–Crippen MR) is 91.2 cm³/mol. The molecule has 0 unspecified atom stereocenters. The Morgan fingerprint density at radius 3 is 2.36 bits per heavy atom. The maximum Gasteiger partial charge on any atom is 0.203 e. The largest absolute Gasteiger partial charge is 0.493 e. The van der Waals surface area contributed by atoms with Gasteiger partial charge in [0.1, 0.15) is 0 Å². The fourth-order valence-corrected chi connectivity index (χ4v) is 3.23. The molecule has 1 aliphatic rings. The number of methoxy groups -OCH3 is 3. The van der Waals surface area contributed by atoms with Crippen molar-refractivity contribution in [3.8, 4) is 17.2 Å². The van der Waals surface area contributed by atoms with E-state index in [1.807, 2.05) is 0 Å². The summed E-state index contributed by atoms with van der Waals surface area (Å²) in [4.78, 5) is 0. The molecular weight excluding hydrogens is 276 g/mol. The normalized spacial score (nSPS) is 13.4. The molecule has 0 heterocycles. The van der Waals surface area contributed by atoms with Crippen molar-refractivity contribution in [2.24, 2.45) is 0 Å². The van der Waals surface area contributed by atoms with Crippen LogP contribution in [0.3, 0.4) is 0 Å². The van der Waals surface area contributed by atoms with Crippen molar-refractivity contribution in [3.05, 3.63) is 23.3 Å². The molecule has 1 aromatic carbocycles. The lowest BCUT2D eigenvalue weighted by molar-refractivity contribution is 0.322. The Hall–Kier alpha value is -1.64. The molecule has 0 spiro atoms. The Labute approximate surface area is 134 Å². The zero-order valence-electron chi connectivity index (χ0n) is 14.3. The minimum Gasteiger partial charge on any atom is -0.493 e. The van der Waals surface area contributed by atoms with Gasteiger partial charge in [0, 0.05) is 5.56 Å². The Morgan fingerprint density at radius 1 is 0.955 bits per heavy atom. The fraction of sp³-hybridized carbons (Fsp3) is 0.579. The van der Waals surface area contributed by atoms with Crippen LogP contribution in [-0.2, 0) is 6.42 Å². The molecule has 3 nitrogen and oxygen atoms in total. The van der Waals surface area contributed by atoms with Gasteiger partial charge < -0.3 is 14.2 Å². The van der Waals surface area contributed by atoms with Gasteiger partial charge in [-0.25, -0.2) is 0 Å². The van der Waals surface area contributed by atoms with Crippen molar-refractivity contribution < 1.29 is 14.2 Å². The zero-order valence-corrected chi connectivity index (χ0v) is 14.3. The summed E-state index contributed by atoms with van der Waals surface area (Å²) in [7, 11) is 5.05. The molecule has 0 atom stereocenters. The van der Waals surface area contributed by atoms with Crippen molar-refractivity contribution >= 4 is 5.57 Å². The summed E-state index contributed by atoms with van der Waals surface area (Å²) in [5, 5.41) is 0. The smallest absolute Gasteiger partial charge is 0.203 e. The number of hydrogen-bond acceptors (Lipinski definition) is 3. The lowest BCUT2D eigenvalue weighted by Gasteiger charge is -2.23. The van der Waals surface area contributed by atoms with E-state index in [9.17, 15) is 0 Å². The second kappa shape index (κ2) is 8.11. The molecule has 1 aliphatic carbocycles. The molecule has 0 radical (unpaired) electrons. The molecule has 0 bridgehead atoms. The third-order valence-electron chi connectivity index (χ3n) is 4.36. The maximum absolute atomic E-state index is 5.64. The minimum absolute atomic E-state index is 0.705. The summed E-state index contributed by atoms with van der Waals surface area (Å²) in [6, 6.07) is 2.11. The van der Waals surface area contributed by atoms with Gasteiger partial charge in [-0.3, -0.25) is 0 Å². The molecule has 0 aromatic heterocycles. The van der Waals surface area contributed by atoms with Crippen LogP contribution in [-0.4, -0.2) is 21.3 Å². The van der Waals surface area contributed by atoms with E-state index < -0.39 is 0 Å². The van der Waals surface area contributed by atoms with E-state index in [2.05, 4.69) is 19.1 Å². The van der Waals surface area contributed by atoms with Crippen LogP contribution in [0.5, 0.6) is 17.2 Å². The lowest BCUT2D eigenvalue weighted by atomic mass is 9.87. The average Bonchev–Trinajstić information content (AvgIpc) is 2.56. The van der Waals surface area contributed by atoms with E-state index in [0.717, 1.165) is 30.8 Å². The molecule has 0 N–H and O–H groups in total. The number of rotatable bonds is 8. The average molecular weight is 304 g/mol. The van der Waals surface area contributed by atoms with Gasteiger partial charge in [0.2, 0.25) is 5.75 Å². The second-order valence-electron chi connectivity index (χ2n) is 5.75. The van der Waals surface area contributed by atoms with Crippen molar-refractivity contribution in [3.63, 3.8) is 0 Å². The fourth-order valence-electron chi connectivity index (χ4n) is 3.23. The highest BCUT2D eigenvalue weighted by atomic mass is 16.5. The summed E-state index contributed by atoms with van der Waals surface area (Å²) < 4.78 is 16.6. The van der Waals surface area contributed by atoms with Gasteiger partial charge in [-0.05, 0) is 42.9 Å². The summed E-state index contributed by atoms with van der Waals surface area (Å²) >= 11 is 0. The molecule has 0 fully saturated rings. The Morgan fingerprint density at radius 2 is 1.73 bits per heavy atom. The highest BCUT2D eigenvalue weighted by molar-refractivity contribution is 5.76. The number of hydrogen-bond donors (Lipinski definition) is 0. The molecule has 1 aromatic rings. The number of allylic oxidation sites excluding steroid dienone is 2. The summed E-state index contributed by atoms with van der Waals surface area (Å²) in [5.41, 5.74) is 3.96. The first kappa shape index (κ1) is 16.7. The molecule has 0 saturated carbocycles. The number of ether oxygens (including phenoxy) is 3.